The first kappa shape index (κ1) is 19.4. The number of rotatable bonds is 7. The third-order valence-corrected chi connectivity index (χ3v) is 5.47. The maximum Gasteiger partial charge on any atom is 0.234 e. The Bertz CT molecular complexity index is 953. The molecule has 0 spiro atoms. The number of amides is 1. The van der Waals surface area contributed by atoms with Crippen LogP contribution in [0.5, 0.6) is 0 Å². The van der Waals surface area contributed by atoms with Crippen molar-refractivity contribution in [2.45, 2.75) is 18.6 Å². The summed E-state index contributed by atoms with van der Waals surface area (Å²) in [6.07, 6.45) is 1.79. The number of hydrogen-bond donors (Lipinski definition) is 1. The maximum atomic E-state index is 12.3. The number of aromatic nitrogens is 3. The third-order valence-electron chi connectivity index (χ3n) is 3.81. The Morgan fingerprint density at radius 2 is 1.96 bits per heavy atom. The van der Waals surface area contributed by atoms with Crippen LogP contribution < -0.4 is 5.32 Å². The van der Waals surface area contributed by atoms with Gasteiger partial charge in [0.05, 0.1) is 5.75 Å². The lowest BCUT2D eigenvalue weighted by molar-refractivity contribution is -0.113. The molecule has 0 aliphatic carbocycles. The normalized spacial score (nSPS) is 10.6. The third kappa shape index (κ3) is 4.87. The zero-order valence-electron chi connectivity index (χ0n) is 14.9. The molecule has 0 saturated carbocycles. The van der Waals surface area contributed by atoms with Crippen molar-refractivity contribution in [3.8, 4) is 11.4 Å². The second-order valence-electron chi connectivity index (χ2n) is 5.89. The minimum atomic E-state index is -0.0838. The minimum Gasteiger partial charge on any atom is -0.325 e. The van der Waals surface area contributed by atoms with E-state index in [0.717, 1.165) is 27.1 Å². The van der Waals surface area contributed by atoms with Crippen LogP contribution in [0.4, 0.5) is 5.69 Å². The summed E-state index contributed by atoms with van der Waals surface area (Å²) in [7, 11) is 0. The molecule has 3 rings (SSSR count). The number of aryl methyl sites for hydroxylation is 1. The number of carbonyl (C=O) groups is 1. The average Bonchev–Trinajstić information content (AvgIpc) is 3.05. The van der Waals surface area contributed by atoms with Gasteiger partial charge in [-0.1, -0.05) is 69.7 Å². The molecule has 3 aromatic rings. The summed E-state index contributed by atoms with van der Waals surface area (Å²) in [5.74, 6) is 0.905. The minimum absolute atomic E-state index is 0.0838. The highest BCUT2D eigenvalue weighted by Gasteiger charge is 2.16. The van der Waals surface area contributed by atoms with Gasteiger partial charge in [0, 0.05) is 22.3 Å². The van der Waals surface area contributed by atoms with Gasteiger partial charge in [0.2, 0.25) is 5.91 Å². The van der Waals surface area contributed by atoms with Gasteiger partial charge >= 0.3 is 0 Å². The van der Waals surface area contributed by atoms with Crippen molar-refractivity contribution < 1.29 is 4.79 Å². The van der Waals surface area contributed by atoms with Gasteiger partial charge in [0.15, 0.2) is 11.0 Å². The SMILES string of the molecule is C=CCn1c(SCC(=O)Nc2ccc(C)cc2)nnc1-c1ccccc1Br. The van der Waals surface area contributed by atoms with E-state index >= 15 is 0 Å². The Morgan fingerprint density at radius 1 is 1.22 bits per heavy atom. The maximum absolute atomic E-state index is 12.3. The summed E-state index contributed by atoms with van der Waals surface area (Å²) in [5.41, 5.74) is 2.88. The molecule has 5 nitrogen and oxygen atoms in total. The monoisotopic (exact) mass is 442 g/mol. The van der Waals surface area contributed by atoms with Gasteiger partial charge < -0.3 is 5.32 Å². The fourth-order valence-electron chi connectivity index (χ4n) is 2.50. The molecule has 1 aromatic heterocycles. The van der Waals surface area contributed by atoms with E-state index in [1.54, 1.807) is 6.08 Å². The van der Waals surface area contributed by atoms with Gasteiger partial charge in [-0.3, -0.25) is 9.36 Å². The van der Waals surface area contributed by atoms with E-state index in [4.69, 9.17) is 0 Å². The van der Waals surface area contributed by atoms with E-state index in [2.05, 4.69) is 38.0 Å². The van der Waals surface area contributed by atoms with Crippen molar-refractivity contribution in [2.24, 2.45) is 0 Å². The van der Waals surface area contributed by atoms with Crippen LogP contribution in [-0.4, -0.2) is 26.4 Å². The highest BCUT2D eigenvalue weighted by atomic mass is 79.9. The van der Waals surface area contributed by atoms with Crippen LogP contribution >= 0.6 is 27.7 Å². The number of thioether (sulfide) groups is 1. The van der Waals surface area contributed by atoms with Gasteiger partial charge in [-0.05, 0) is 25.1 Å². The molecule has 0 aliphatic heterocycles. The molecule has 0 bridgehead atoms. The number of hydrogen-bond acceptors (Lipinski definition) is 4. The molecule has 0 atom stereocenters. The molecular formula is C20H19BrN4OS. The van der Waals surface area contributed by atoms with Crippen molar-refractivity contribution in [2.75, 3.05) is 11.1 Å². The molecule has 0 aliphatic rings. The number of allylic oxidation sites excluding steroid dienone is 1. The first-order valence-electron chi connectivity index (χ1n) is 8.37. The lowest BCUT2D eigenvalue weighted by Gasteiger charge is -2.09. The largest absolute Gasteiger partial charge is 0.325 e. The quantitative estimate of drug-likeness (QED) is 0.416. The molecule has 1 amide bonds. The van der Waals surface area contributed by atoms with Gasteiger partial charge in [-0.15, -0.1) is 16.8 Å². The zero-order valence-corrected chi connectivity index (χ0v) is 17.3. The van der Waals surface area contributed by atoms with Crippen LogP contribution in [0, 0.1) is 6.92 Å². The summed E-state index contributed by atoms with van der Waals surface area (Å²) in [5, 5.41) is 12.2. The van der Waals surface area contributed by atoms with Gasteiger partial charge in [0.25, 0.3) is 0 Å². The van der Waals surface area contributed by atoms with Crippen molar-refractivity contribution in [1.82, 2.24) is 14.8 Å². The topological polar surface area (TPSA) is 59.8 Å². The fourth-order valence-corrected chi connectivity index (χ4v) is 3.70. The summed E-state index contributed by atoms with van der Waals surface area (Å²) < 4.78 is 2.90. The molecule has 0 saturated heterocycles. The Morgan fingerprint density at radius 3 is 2.67 bits per heavy atom. The lowest BCUT2D eigenvalue weighted by atomic mass is 10.2. The van der Waals surface area contributed by atoms with Crippen LogP contribution in [0.1, 0.15) is 5.56 Å². The molecule has 0 radical (unpaired) electrons. The van der Waals surface area contributed by atoms with E-state index in [0.29, 0.717) is 11.7 Å². The van der Waals surface area contributed by atoms with Crippen LogP contribution in [0.15, 0.2) is 70.8 Å². The van der Waals surface area contributed by atoms with E-state index in [-0.39, 0.29) is 11.7 Å². The Kier molecular flexibility index (Phi) is 6.47. The van der Waals surface area contributed by atoms with Crippen LogP contribution in [-0.2, 0) is 11.3 Å². The summed E-state index contributed by atoms with van der Waals surface area (Å²) in [4.78, 5) is 12.3. The lowest BCUT2D eigenvalue weighted by Crippen LogP contribution is -2.14. The Hall–Kier alpha value is -2.38. The second kappa shape index (κ2) is 9.01. The van der Waals surface area contributed by atoms with Gasteiger partial charge in [-0.25, -0.2) is 0 Å². The van der Waals surface area contributed by atoms with E-state index < -0.39 is 0 Å². The smallest absolute Gasteiger partial charge is 0.234 e. The molecule has 1 heterocycles. The van der Waals surface area contributed by atoms with E-state index in [1.807, 2.05) is 60.0 Å². The van der Waals surface area contributed by atoms with Crippen molar-refractivity contribution in [3.63, 3.8) is 0 Å². The Labute approximate surface area is 171 Å². The summed E-state index contributed by atoms with van der Waals surface area (Å²) in [6, 6.07) is 15.6. The molecular weight excluding hydrogens is 424 g/mol. The average molecular weight is 443 g/mol. The van der Waals surface area contributed by atoms with Crippen LogP contribution in [0.25, 0.3) is 11.4 Å². The van der Waals surface area contributed by atoms with Crippen LogP contribution in [0.3, 0.4) is 0 Å². The standard InChI is InChI=1S/C20H19BrN4OS/c1-3-12-25-19(16-6-4-5-7-17(16)21)23-24-20(25)27-13-18(26)22-15-10-8-14(2)9-11-15/h3-11H,1,12-13H2,2H3,(H,22,26). The van der Waals surface area contributed by atoms with Crippen molar-refractivity contribution >= 4 is 39.3 Å². The van der Waals surface area contributed by atoms with Gasteiger partial charge in [-0.2, -0.15) is 0 Å². The number of nitrogens with zero attached hydrogens (tertiary/aromatic N) is 3. The van der Waals surface area contributed by atoms with E-state index in [1.165, 1.54) is 11.8 Å². The molecule has 2 aromatic carbocycles. The molecule has 27 heavy (non-hydrogen) atoms. The highest BCUT2D eigenvalue weighted by Crippen LogP contribution is 2.29. The number of benzene rings is 2. The van der Waals surface area contributed by atoms with E-state index in [9.17, 15) is 4.79 Å². The molecule has 0 fully saturated rings. The first-order valence-corrected chi connectivity index (χ1v) is 10.1. The second-order valence-corrected chi connectivity index (χ2v) is 7.69. The highest BCUT2D eigenvalue weighted by molar-refractivity contribution is 9.10. The number of carbonyl (C=O) groups excluding carboxylic acids is 1. The van der Waals surface area contributed by atoms with Crippen LogP contribution in [0.2, 0.25) is 0 Å². The summed E-state index contributed by atoms with van der Waals surface area (Å²) >= 11 is 4.91. The van der Waals surface area contributed by atoms with Gasteiger partial charge in [0.1, 0.15) is 0 Å². The predicted octanol–water partition coefficient (Wildman–Crippen LogP) is 4.93. The number of nitrogens with one attached hydrogen (secondary N) is 1. The number of anilines is 1. The zero-order chi connectivity index (χ0) is 19.2. The summed E-state index contributed by atoms with van der Waals surface area (Å²) in [6.45, 7) is 6.39. The Balaban J connectivity index is 1.73. The first-order chi connectivity index (χ1) is 13.1. The molecule has 138 valence electrons. The van der Waals surface area contributed by atoms with Crippen molar-refractivity contribution in [3.05, 3.63) is 71.2 Å². The number of halogens is 1. The van der Waals surface area contributed by atoms with Crippen molar-refractivity contribution in [1.29, 1.82) is 0 Å². The predicted molar refractivity (Wildman–Crippen MR) is 114 cm³/mol. The fraction of sp³-hybridized carbons (Fsp3) is 0.150. The molecule has 7 heteroatoms. The molecule has 1 N–H and O–H groups in total. The molecule has 0 unspecified atom stereocenters.